The molecule has 0 unspecified atom stereocenters. The van der Waals surface area contributed by atoms with Gasteiger partial charge in [0, 0.05) is 5.41 Å². The van der Waals surface area contributed by atoms with Crippen molar-refractivity contribution >= 4 is 0 Å². The first-order valence-electron chi connectivity index (χ1n) is 7.85. The van der Waals surface area contributed by atoms with E-state index >= 15 is 0 Å². The molecule has 0 aliphatic rings. The SMILES string of the molecule is CCC.CCOc1ccc(C(C)(C)c2ccccc2)cc1. The van der Waals surface area contributed by atoms with Gasteiger partial charge < -0.3 is 4.74 Å². The summed E-state index contributed by atoms with van der Waals surface area (Å²) in [5.74, 6) is 0.935. The number of hydrogen-bond donors (Lipinski definition) is 0. The molecule has 1 nitrogen and oxygen atoms in total. The van der Waals surface area contributed by atoms with E-state index in [1.165, 1.54) is 17.5 Å². The van der Waals surface area contributed by atoms with E-state index < -0.39 is 0 Å². The molecule has 0 fully saturated rings. The smallest absolute Gasteiger partial charge is 0.119 e. The highest BCUT2D eigenvalue weighted by Gasteiger charge is 2.22. The monoisotopic (exact) mass is 284 g/mol. The van der Waals surface area contributed by atoms with E-state index in [1.54, 1.807) is 0 Å². The van der Waals surface area contributed by atoms with Crippen LogP contribution in [0.25, 0.3) is 0 Å². The number of benzene rings is 2. The average molecular weight is 284 g/mol. The van der Waals surface area contributed by atoms with Crippen LogP contribution in [0.4, 0.5) is 0 Å². The van der Waals surface area contributed by atoms with Gasteiger partial charge >= 0.3 is 0 Å². The van der Waals surface area contributed by atoms with Crippen molar-refractivity contribution in [3.63, 3.8) is 0 Å². The molecule has 0 radical (unpaired) electrons. The predicted molar refractivity (Wildman–Crippen MR) is 92.1 cm³/mol. The number of hydrogen-bond acceptors (Lipinski definition) is 1. The second kappa shape index (κ2) is 8.51. The molecular weight excluding hydrogens is 256 g/mol. The molecular formula is C20H28O. The van der Waals surface area contributed by atoms with Crippen LogP contribution < -0.4 is 4.74 Å². The fraction of sp³-hybridized carbons (Fsp3) is 0.400. The first-order chi connectivity index (χ1) is 10.1. The summed E-state index contributed by atoms with van der Waals surface area (Å²) in [5, 5.41) is 0. The molecule has 0 aromatic heterocycles. The molecule has 2 rings (SSSR count). The first kappa shape index (κ1) is 17.3. The maximum atomic E-state index is 5.48. The first-order valence-corrected chi connectivity index (χ1v) is 7.85. The predicted octanol–water partition coefficient (Wildman–Crippen LogP) is 5.83. The molecule has 2 aromatic carbocycles. The van der Waals surface area contributed by atoms with E-state index in [0.717, 1.165) is 5.75 Å². The molecule has 21 heavy (non-hydrogen) atoms. The van der Waals surface area contributed by atoms with Crippen LogP contribution in [-0.4, -0.2) is 6.61 Å². The molecule has 0 spiro atoms. The van der Waals surface area contributed by atoms with Crippen molar-refractivity contribution in [1.82, 2.24) is 0 Å². The summed E-state index contributed by atoms with van der Waals surface area (Å²) in [6.07, 6.45) is 1.25. The van der Waals surface area contributed by atoms with Gasteiger partial charge in [-0.3, -0.25) is 0 Å². The minimum Gasteiger partial charge on any atom is -0.494 e. The zero-order chi connectivity index (χ0) is 15.7. The molecule has 2 aromatic rings. The van der Waals surface area contributed by atoms with Crippen molar-refractivity contribution in [2.45, 2.75) is 46.5 Å². The number of rotatable bonds is 4. The third-order valence-electron chi connectivity index (χ3n) is 3.38. The van der Waals surface area contributed by atoms with Gasteiger partial charge in [-0.25, -0.2) is 0 Å². The van der Waals surface area contributed by atoms with Gasteiger partial charge in [0.25, 0.3) is 0 Å². The fourth-order valence-corrected chi connectivity index (χ4v) is 2.16. The lowest BCUT2D eigenvalue weighted by Crippen LogP contribution is -2.18. The molecule has 0 aliphatic heterocycles. The van der Waals surface area contributed by atoms with E-state index in [1.807, 2.05) is 19.1 Å². The summed E-state index contributed by atoms with van der Waals surface area (Å²) < 4.78 is 5.48. The molecule has 0 heterocycles. The largest absolute Gasteiger partial charge is 0.494 e. The second-order valence-corrected chi connectivity index (χ2v) is 5.66. The third-order valence-corrected chi connectivity index (χ3v) is 3.38. The zero-order valence-electron chi connectivity index (χ0n) is 14.0. The van der Waals surface area contributed by atoms with Crippen LogP contribution in [0.1, 0.15) is 52.2 Å². The van der Waals surface area contributed by atoms with Crippen molar-refractivity contribution in [2.24, 2.45) is 0 Å². The summed E-state index contributed by atoms with van der Waals surface area (Å²) in [6.45, 7) is 11.5. The van der Waals surface area contributed by atoms with Crippen LogP contribution >= 0.6 is 0 Å². The average Bonchev–Trinajstić information content (AvgIpc) is 2.50. The molecule has 0 aliphatic carbocycles. The minimum absolute atomic E-state index is 0.0198. The summed E-state index contributed by atoms with van der Waals surface area (Å²) in [5.41, 5.74) is 2.65. The Morgan fingerprint density at radius 1 is 0.762 bits per heavy atom. The quantitative estimate of drug-likeness (QED) is 0.686. The maximum absolute atomic E-state index is 5.48. The Hall–Kier alpha value is -1.76. The molecule has 0 saturated carbocycles. The van der Waals surface area contributed by atoms with Crippen LogP contribution in [-0.2, 0) is 5.41 Å². The van der Waals surface area contributed by atoms with Gasteiger partial charge in [0.2, 0.25) is 0 Å². The van der Waals surface area contributed by atoms with E-state index in [0.29, 0.717) is 6.61 Å². The standard InChI is InChI=1S/C17H20O.C3H8/c1-4-18-16-12-10-15(11-13-16)17(2,3)14-8-6-5-7-9-14;1-3-2/h5-13H,4H2,1-3H3;3H2,1-2H3. The zero-order valence-corrected chi connectivity index (χ0v) is 14.0. The van der Waals surface area contributed by atoms with Crippen LogP contribution in [0.2, 0.25) is 0 Å². The lowest BCUT2D eigenvalue weighted by Gasteiger charge is -2.26. The molecule has 0 amide bonds. The van der Waals surface area contributed by atoms with Crippen molar-refractivity contribution in [3.05, 3.63) is 65.7 Å². The summed E-state index contributed by atoms with van der Waals surface area (Å²) in [7, 11) is 0. The van der Waals surface area contributed by atoms with E-state index in [2.05, 4.69) is 70.2 Å². The molecule has 0 N–H and O–H groups in total. The minimum atomic E-state index is 0.0198. The van der Waals surface area contributed by atoms with Crippen molar-refractivity contribution < 1.29 is 4.74 Å². The van der Waals surface area contributed by atoms with Gasteiger partial charge in [-0.05, 0) is 30.2 Å². The third kappa shape index (κ3) is 4.93. The Morgan fingerprint density at radius 3 is 1.71 bits per heavy atom. The highest BCUT2D eigenvalue weighted by molar-refractivity contribution is 5.39. The number of ether oxygens (including phenoxy) is 1. The van der Waals surface area contributed by atoms with E-state index in [-0.39, 0.29) is 5.41 Å². The topological polar surface area (TPSA) is 9.23 Å². The molecule has 1 heteroatoms. The Morgan fingerprint density at radius 2 is 1.24 bits per heavy atom. The van der Waals surface area contributed by atoms with E-state index in [9.17, 15) is 0 Å². The van der Waals surface area contributed by atoms with Crippen LogP contribution in [0.3, 0.4) is 0 Å². The lowest BCUT2D eigenvalue weighted by atomic mass is 9.78. The van der Waals surface area contributed by atoms with E-state index in [4.69, 9.17) is 4.74 Å². The molecule has 0 saturated heterocycles. The Labute approximate surface area is 130 Å². The molecule has 0 atom stereocenters. The highest BCUT2D eigenvalue weighted by Crippen LogP contribution is 2.32. The van der Waals surface area contributed by atoms with Crippen molar-refractivity contribution in [1.29, 1.82) is 0 Å². The molecule has 0 bridgehead atoms. The van der Waals surface area contributed by atoms with Gasteiger partial charge in [-0.2, -0.15) is 0 Å². The van der Waals surface area contributed by atoms with Crippen LogP contribution in [0.5, 0.6) is 5.75 Å². The van der Waals surface area contributed by atoms with Crippen LogP contribution in [0, 0.1) is 0 Å². The summed E-state index contributed by atoms with van der Waals surface area (Å²) >= 11 is 0. The van der Waals surface area contributed by atoms with Crippen molar-refractivity contribution in [3.8, 4) is 5.75 Å². The summed E-state index contributed by atoms with van der Waals surface area (Å²) in [6, 6.07) is 19.0. The Kier molecular flexibility index (Phi) is 7.01. The maximum Gasteiger partial charge on any atom is 0.119 e. The fourth-order valence-electron chi connectivity index (χ4n) is 2.16. The highest BCUT2D eigenvalue weighted by atomic mass is 16.5. The van der Waals surface area contributed by atoms with Crippen molar-refractivity contribution in [2.75, 3.05) is 6.61 Å². The Bertz CT molecular complexity index is 497. The Balaban J connectivity index is 0.000000677. The van der Waals surface area contributed by atoms with Gasteiger partial charge in [-0.1, -0.05) is 76.6 Å². The lowest BCUT2D eigenvalue weighted by molar-refractivity contribution is 0.340. The van der Waals surface area contributed by atoms with Gasteiger partial charge in [0.15, 0.2) is 0 Å². The second-order valence-electron chi connectivity index (χ2n) is 5.66. The van der Waals surface area contributed by atoms with Gasteiger partial charge in [0.05, 0.1) is 6.61 Å². The molecule has 114 valence electrons. The normalized spacial score (nSPS) is 10.5. The van der Waals surface area contributed by atoms with Gasteiger partial charge in [-0.15, -0.1) is 0 Å². The van der Waals surface area contributed by atoms with Crippen LogP contribution in [0.15, 0.2) is 54.6 Å². The summed E-state index contributed by atoms with van der Waals surface area (Å²) in [4.78, 5) is 0. The van der Waals surface area contributed by atoms with Gasteiger partial charge in [0.1, 0.15) is 5.75 Å².